The second-order valence-electron chi connectivity index (χ2n) is 9.19. The third-order valence-corrected chi connectivity index (χ3v) is 6.94. The molecule has 0 N–H and O–H groups in total. The molecule has 0 spiro atoms. The fraction of sp³-hybridized carbons (Fsp3) is 0.400. The second-order valence-corrected chi connectivity index (χ2v) is 9.62. The Morgan fingerprint density at radius 3 is 2.68 bits per heavy atom. The van der Waals surface area contributed by atoms with Gasteiger partial charge in [-0.2, -0.15) is 5.10 Å². The largest absolute Gasteiger partial charge is 0.373 e. The summed E-state index contributed by atoms with van der Waals surface area (Å²) in [5.74, 6) is 0.234. The summed E-state index contributed by atoms with van der Waals surface area (Å²) in [6, 6.07) is 5.11. The van der Waals surface area contributed by atoms with Crippen LogP contribution in [-0.4, -0.2) is 36.3 Å². The molecule has 2 atom stereocenters. The molecule has 1 aliphatic heterocycles. The number of aromatic nitrogens is 6. The third-order valence-electron chi connectivity index (χ3n) is 6.71. The Hall–Kier alpha value is -2.97. The first-order chi connectivity index (χ1) is 16.5. The van der Waals surface area contributed by atoms with Crippen LogP contribution in [0.2, 0.25) is 5.02 Å². The molecule has 4 aromatic rings. The van der Waals surface area contributed by atoms with Crippen LogP contribution in [0.4, 0.5) is 4.39 Å². The van der Waals surface area contributed by atoms with Gasteiger partial charge >= 0.3 is 0 Å². The van der Waals surface area contributed by atoms with E-state index in [2.05, 4.69) is 21.3 Å². The van der Waals surface area contributed by atoms with Crippen molar-refractivity contribution in [3.05, 3.63) is 64.2 Å². The van der Waals surface area contributed by atoms with Gasteiger partial charge in [0, 0.05) is 34.9 Å². The summed E-state index contributed by atoms with van der Waals surface area (Å²) in [6.07, 6.45) is 7.79. The van der Waals surface area contributed by atoms with E-state index in [4.69, 9.17) is 26.3 Å². The number of benzene rings is 1. The number of halogens is 2. The molecule has 2 aliphatic rings. The molecule has 2 fully saturated rings. The topological polar surface area (TPSA) is 78.6 Å². The maximum absolute atomic E-state index is 15.0. The van der Waals surface area contributed by atoms with Gasteiger partial charge in [0.25, 0.3) is 0 Å². The van der Waals surface area contributed by atoms with Crippen molar-refractivity contribution in [1.29, 1.82) is 0 Å². The smallest absolute Gasteiger partial charge is 0.182 e. The van der Waals surface area contributed by atoms with E-state index in [-0.39, 0.29) is 12.0 Å². The molecule has 0 radical (unpaired) electrons. The van der Waals surface area contributed by atoms with Crippen LogP contribution in [0.3, 0.4) is 0 Å². The Kier molecular flexibility index (Phi) is 5.30. The third kappa shape index (κ3) is 3.95. The minimum atomic E-state index is -0.448. The Morgan fingerprint density at radius 1 is 1.06 bits per heavy atom. The zero-order valence-electron chi connectivity index (χ0n) is 19.0. The monoisotopic (exact) mass is 478 g/mol. The van der Waals surface area contributed by atoms with Gasteiger partial charge in [-0.3, -0.25) is 4.68 Å². The second kappa shape index (κ2) is 8.36. The van der Waals surface area contributed by atoms with E-state index in [1.54, 1.807) is 12.1 Å². The Bertz CT molecular complexity index is 1400. The quantitative estimate of drug-likeness (QED) is 0.376. The summed E-state index contributed by atoms with van der Waals surface area (Å²) < 4.78 is 23.1. The fourth-order valence-corrected chi connectivity index (χ4v) is 4.66. The van der Waals surface area contributed by atoms with Gasteiger partial charge in [0.1, 0.15) is 22.9 Å². The molecule has 6 rings (SSSR count). The summed E-state index contributed by atoms with van der Waals surface area (Å²) in [7, 11) is 0. The van der Waals surface area contributed by atoms with Crippen LogP contribution in [0.25, 0.3) is 22.4 Å². The molecular weight excluding hydrogens is 455 g/mol. The van der Waals surface area contributed by atoms with Crippen LogP contribution in [0, 0.1) is 19.7 Å². The van der Waals surface area contributed by atoms with Gasteiger partial charge in [-0.25, -0.2) is 24.3 Å². The molecule has 0 bridgehead atoms. The lowest BCUT2D eigenvalue weighted by Crippen LogP contribution is -2.20. The molecule has 7 nitrogen and oxygen atoms in total. The maximum atomic E-state index is 15.0. The van der Waals surface area contributed by atoms with Gasteiger partial charge in [-0.05, 0) is 57.7 Å². The highest BCUT2D eigenvalue weighted by Gasteiger charge is 2.31. The standard InChI is InChI=1S/C25H24ClFN6O/c1-13-14(2)30-25-23(29-13)22(19-6-3-17(26)10-20(19)27)31-24(32-25)15-7-8-34-21(9-15)16-11-28-33(12-16)18-4-5-18/h3,6,10-12,15,18,21H,4-5,7-9H2,1-2H3/t15-,21+/m1/s1. The molecule has 0 amide bonds. The van der Waals surface area contributed by atoms with Crippen LogP contribution in [0.15, 0.2) is 30.6 Å². The van der Waals surface area contributed by atoms with E-state index in [0.29, 0.717) is 45.9 Å². The number of hydrogen-bond donors (Lipinski definition) is 0. The van der Waals surface area contributed by atoms with Crippen LogP contribution in [0.5, 0.6) is 0 Å². The molecule has 0 unspecified atom stereocenters. The number of aryl methyl sites for hydroxylation is 2. The van der Waals surface area contributed by atoms with Crippen molar-refractivity contribution < 1.29 is 9.13 Å². The van der Waals surface area contributed by atoms with Crippen molar-refractivity contribution in [1.82, 2.24) is 29.7 Å². The molecule has 1 aromatic carbocycles. The van der Waals surface area contributed by atoms with Crippen LogP contribution < -0.4 is 0 Å². The Labute approximate surface area is 201 Å². The highest BCUT2D eigenvalue weighted by molar-refractivity contribution is 6.30. The van der Waals surface area contributed by atoms with Crippen molar-refractivity contribution in [2.75, 3.05) is 6.61 Å². The zero-order valence-corrected chi connectivity index (χ0v) is 19.8. The van der Waals surface area contributed by atoms with E-state index in [0.717, 1.165) is 29.8 Å². The SMILES string of the molecule is Cc1nc2nc([C@@H]3CCO[C@H](c4cnn(C5CC5)c4)C3)nc(-c3ccc(Cl)cc3F)c2nc1C. The summed E-state index contributed by atoms with van der Waals surface area (Å²) in [6.45, 7) is 4.37. The maximum Gasteiger partial charge on any atom is 0.182 e. The summed E-state index contributed by atoms with van der Waals surface area (Å²) in [5.41, 5.74) is 4.37. The first-order valence-corrected chi connectivity index (χ1v) is 12.0. The van der Waals surface area contributed by atoms with Crippen molar-refractivity contribution >= 4 is 22.8 Å². The molecular formula is C25H24ClFN6O. The Morgan fingerprint density at radius 2 is 1.88 bits per heavy atom. The minimum Gasteiger partial charge on any atom is -0.373 e. The van der Waals surface area contributed by atoms with Crippen LogP contribution in [0.1, 0.15) is 66.5 Å². The van der Waals surface area contributed by atoms with E-state index >= 15 is 0 Å². The van der Waals surface area contributed by atoms with E-state index in [1.807, 2.05) is 24.7 Å². The highest BCUT2D eigenvalue weighted by Crippen LogP contribution is 2.40. The van der Waals surface area contributed by atoms with Gasteiger partial charge in [-0.1, -0.05) is 11.6 Å². The first-order valence-electron chi connectivity index (χ1n) is 11.6. The Balaban J connectivity index is 1.41. The molecule has 1 saturated carbocycles. The lowest BCUT2D eigenvalue weighted by molar-refractivity contribution is 0.00396. The fourth-order valence-electron chi connectivity index (χ4n) is 4.50. The zero-order chi connectivity index (χ0) is 23.4. The van der Waals surface area contributed by atoms with E-state index in [9.17, 15) is 4.39 Å². The number of hydrogen-bond acceptors (Lipinski definition) is 6. The highest BCUT2D eigenvalue weighted by atomic mass is 35.5. The summed E-state index contributed by atoms with van der Waals surface area (Å²) in [4.78, 5) is 19.0. The lowest BCUT2D eigenvalue weighted by atomic mass is 9.92. The molecule has 9 heteroatoms. The first kappa shape index (κ1) is 21.6. The van der Waals surface area contributed by atoms with Crippen molar-refractivity contribution in [3.63, 3.8) is 0 Å². The van der Waals surface area contributed by atoms with E-state index in [1.165, 1.54) is 18.9 Å². The van der Waals surface area contributed by atoms with Gasteiger partial charge in [-0.15, -0.1) is 0 Å². The summed E-state index contributed by atoms with van der Waals surface area (Å²) in [5, 5.41) is 4.85. The molecule has 1 saturated heterocycles. The van der Waals surface area contributed by atoms with Gasteiger partial charge < -0.3 is 4.74 Å². The van der Waals surface area contributed by atoms with Crippen LogP contribution in [-0.2, 0) is 4.74 Å². The average molecular weight is 479 g/mol. The number of ether oxygens (including phenoxy) is 1. The van der Waals surface area contributed by atoms with E-state index < -0.39 is 5.82 Å². The van der Waals surface area contributed by atoms with Crippen molar-refractivity contribution in [2.24, 2.45) is 0 Å². The average Bonchev–Trinajstić information content (AvgIpc) is 3.56. The molecule has 1 aliphatic carbocycles. The molecule has 4 heterocycles. The lowest BCUT2D eigenvalue weighted by Gasteiger charge is -2.28. The molecule has 174 valence electrons. The molecule has 34 heavy (non-hydrogen) atoms. The van der Waals surface area contributed by atoms with Gasteiger partial charge in [0.2, 0.25) is 0 Å². The van der Waals surface area contributed by atoms with Crippen molar-refractivity contribution in [3.8, 4) is 11.3 Å². The van der Waals surface area contributed by atoms with Gasteiger partial charge in [0.15, 0.2) is 5.65 Å². The number of nitrogens with zero attached hydrogens (tertiary/aromatic N) is 6. The minimum absolute atomic E-state index is 0.0462. The van der Waals surface area contributed by atoms with Gasteiger partial charge in [0.05, 0.1) is 29.7 Å². The summed E-state index contributed by atoms with van der Waals surface area (Å²) >= 11 is 6.00. The van der Waals surface area contributed by atoms with Crippen LogP contribution >= 0.6 is 11.6 Å². The number of fused-ring (bicyclic) bond motifs is 1. The normalized spacial score (nSPS) is 20.7. The molecule has 3 aromatic heterocycles. The van der Waals surface area contributed by atoms with Crippen molar-refractivity contribution in [2.45, 2.75) is 57.6 Å². The number of rotatable bonds is 4. The predicted octanol–water partition coefficient (Wildman–Crippen LogP) is 5.66. The predicted molar refractivity (Wildman–Crippen MR) is 126 cm³/mol.